The van der Waals surface area contributed by atoms with Gasteiger partial charge in [-0.3, -0.25) is 13.9 Å². The van der Waals surface area contributed by atoms with Crippen molar-refractivity contribution in [3.8, 4) is 0 Å². The molecule has 0 saturated heterocycles. The third kappa shape index (κ3) is 6.02. The fourth-order valence-corrected chi connectivity index (χ4v) is 5.54. The predicted molar refractivity (Wildman–Crippen MR) is 147 cm³/mol. The van der Waals surface area contributed by atoms with E-state index in [9.17, 15) is 18.0 Å². The van der Waals surface area contributed by atoms with Crippen LogP contribution in [-0.4, -0.2) is 26.7 Å². The van der Waals surface area contributed by atoms with Gasteiger partial charge < -0.3 is 5.32 Å². The summed E-state index contributed by atoms with van der Waals surface area (Å²) < 4.78 is 28.3. The fraction of sp³-hybridized carbons (Fsp3) is 0.0714. The van der Waals surface area contributed by atoms with Gasteiger partial charge in [-0.1, -0.05) is 71.7 Å². The molecule has 37 heavy (non-hydrogen) atoms. The maximum atomic E-state index is 13.6. The molecule has 0 heterocycles. The number of hydrogen-bond donors (Lipinski definition) is 1. The third-order valence-electron chi connectivity index (χ3n) is 5.61. The van der Waals surface area contributed by atoms with E-state index in [4.69, 9.17) is 23.2 Å². The Hall–Kier alpha value is -3.65. The smallest absolute Gasteiger partial charge is 0.264 e. The van der Waals surface area contributed by atoms with Crippen LogP contribution in [0.3, 0.4) is 0 Å². The van der Waals surface area contributed by atoms with Gasteiger partial charge in [0.1, 0.15) is 6.54 Å². The number of para-hydroxylation sites is 1. The molecular weight excluding hydrogens is 531 g/mol. The number of amides is 1. The molecule has 0 aliphatic rings. The van der Waals surface area contributed by atoms with Gasteiger partial charge >= 0.3 is 0 Å². The highest BCUT2D eigenvalue weighted by atomic mass is 35.5. The Morgan fingerprint density at radius 3 is 2.11 bits per heavy atom. The van der Waals surface area contributed by atoms with Crippen molar-refractivity contribution < 1.29 is 18.0 Å². The molecule has 1 N–H and O–H groups in total. The van der Waals surface area contributed by atoms with E-state index in [1.54, 1.807) is 67.6 Å². The Morgan fingerprint density at radius 1 is 0.811 bits per heavy atom. The van der Waals surface area contributed by atoms with E-state index in [1.165, 1.54) is 36.4 Å². The molecule has 0 aromatic heterocycles. The van der Waals surface area contributed by atoms with Crippen molar-refractivity contribution in [2.24, 2.45) is 0 Å². The van der Waals surface area contributed by atoms with Gasteiger partial charge in [0.2, 0.25) is 5.91 Å². The first-order valence-electron chi connectivity index (χ1n) is 11.2. The molecule has 0 aliphatic carbocycles. The van der Waals surface area contributed by atoms with E-state index in [0.29, 0.717) is 26.9 Å². The molecule has 4 aromatic rings. The minimum atomic E-state index is -4.13. The molecule has 0 spiro atoms. The second-order valence-corrected chi connectivity index (χ2v) is 10.9. The quantitative estimate of drug-likeness (QED) is 0.257. The molecule has 0 fully saturated rings. The number of anilines is 2. The zero-order chi connectivity index (χ0) is 26.6. The van der Waals surface area contributed by atoms with E-state index in [0.717, 1.165) is 4.31 Å². The first kappa shape index (κ1) is 26.4. The standard InChI is InChI=1S/C28H22Cl2N2O4S/c1-19-7-5-6-10-26(19)32(37(35,36)23-14-11-21(29)12-15-23)18-27(33)31-25-16-13-22(30)17-24(25)28(34)20-8-3-2-4-9-20/h2-17H,18H2,1H3,(H,31,33). The minimum absolute atomic E-state index is 0.0145. The number of nitrogens with zero attached hydrogens (tertiary/aromatic N) is 1. The largest absolute Gasteiger partial charge is 0.324 e. The van der Waals surface area contributed by atoms with Gasteiger partial charge in [0.05, 0.1) is 16.3 Å². The normalized spacial score (nSPS) is 11.1. The topological polar surface area (TPSA) is 83.6 Å². The highest BCUT2D eigenvalue weighted by Gasteiger charge is 2.28. The van der Waals surface area contributed by atoms with Crippen LogP contribution < -0.4 is 9.62 Å². The van der Waals surface area contributed by atoms with Gasteiger partial charge in [0.25, 0.3) is 10.0 Å². The summed E-state index contributed by atoms with van der Waals surface area (Å²) in [7, 11) is -4.13. The summed E-state index contributed by atoms with van der Waals surface area (Å²) in [5.74, 6) is -0.965. The first-order chi connectivity index (χ1) is 17.7. The summed E-state index contributed by atoms with van der Waals surface area (Å²) in [5, 5.41) is 3.40. The summed E-state index contributed by atoms with van der Waals surface area (Å²) in [4.78, 5) is 26.4. The molecule has 0 radical (unpaired) electrons. The molecule has 0 saturated carbocycles. The summed E-state index contributed by atoms with van der Waals surface area (Å²) >= 11 is 12.1. The summed E-state index contributed by atoms with van der Waals surface area (Å²) in [6.45, 7) is 1.23. The summed E-state index contributed by atoms with van der Waals surface area (Å²) in [6.07, 6.45) is 0. The molecule has 4 rings (SSSR count). The maximum absolute atomic E-state index is 13.6. The third-order valence-corrected chi connectivity index (χ3v) is 7.87. The Morgan fingerprint density at radius 2 is 1.43 bits per heavy atom. The number of benzene rings is 4. The number of sulfonamides is 1. The average molecular weight is 553 g/mol. The van der Waals surface area contributed by atoms with E-state index < -0.39 is 22.5 Å². The van der Waals surface area contributed by atoms with Crippen LogP contribution in [0.5, 0.6) is 0 Å². The zero-order valence-electron chi connectivity index (χ0n) is 19.7. The van der Waals surface area contributed by atoms with Crippen molar-refractivity contribution >= 4 is 56.3 Å². The maximum Gasteiger partial charge on any atom is 0.264 e. The number of aryl methyl sites for hydroxylation is 1. The van der Waals surface area contributed by atoms with Gasteiger partial charge in [-0.25, -0.2) is 8.42 Å². The molecule has 1 amide bonds. The van der Waals surface area contributed by atoms with Gasteiger partial charge in [0.15, 0.2) is 5.78 Å². The van der Waals surface area contributed by atoms with Crippen molar-refractivity contribution in [3.05, 3.63) is 124 Å². The van der Waals surface area contributed by atoms with E-state index in [1.807, 2.05) is 0 Å². The summed E-state index contributed by atoms with van der Waals surface area (Å²) in [5.41, 5.74) is 1.85. The van der Waals surface area contributed by atoms with Crippen LogP contribution in [0, 0.1) is 6.92 Å². The number of carbonyl (C=O) groups is 2. The molecule has 9 heteroatoms. The minimum Gasteiger partial charge on any atom is -0.324 e. The lowest BCUT2D eigenvalue weighted by molar-refractivity contribution is -0.114. The molecule has 0 aliphatic heterocycles. The van der Waals surface area contributed by atoms with Gasteiger partial charge in [0, 0.05) is 21.2 Å². The van der Waals surface area contributed by atoms with E-state index >= 15 is 0 Å². The lowest BCUT2D eigenvalue weighted by atomic mass is 10.0. The zero-order valence-corrected chi connectivity index (χ0v) is 22.0. The fourth-order valence-electron chi connectivity index (χ4n) is 3.76. The van der Waals surface area contributed by atoms with Crippen LogP contribution in [0.4, 0.5) is 11.4 Å². The van der Waals surface area contributed by atoms with Gasteiger partial charge in [-0.05, 0) is 61.0 Å². The number of ketones is 1. The molecule has 0 bridgehead atoms. The van der Waals surface area contributed by atoms with Crippen molar-refractivity contribution in [2.45, 2.75) is 11.8 Å². The second kappa shape index (κ2) is 11.2. The van der Waals surface area contributed by atoms with Gasteiger partial charge in [-0.15, -0.1) is 0 Å². The van der Waals surface area contributed by atoms with Crippen LogP contribution in [0.15, 0.2) is 102 Å². The van der Waals surface area contributed by atoms with Crippen LogP contribution in [-0.2, 0) is 14.8 Å². The molecular formula is C28H22Cl2N2O4S. The highest BCUT2D eigenvalue weighted by molar-refractivity contribution is 7.92. The van der Waals surface area contributed by atoms with Crippen LogP contribution in [0.2, 0.25) is 10.0 Å². The van der Waals surface area contributed by atoms with Crippen LogP contribution >= 0.6 is 23.2 Å². The van der Waals surface area contributed by atoms with Crippen molar-refractivity contribution in [1.29, 1.82) is 0 Å². The van der Waals surface area contributed by atoms with Crippen LogP contribution in [0.1, 0.15) is 21.5 Å². The molecule has 188 valence electrons. The van der Waals surface area contributed by atoms with Crippen LogP contribution in [0.25, 0.3) is 0 Å². The Kier molecular flexibility index (Phi) is 7.97. The Labute approximate surface area is 225 Å². The van der Waals surface area contributed by atoms with Crippen molar-refractivity contribution in [2.75, 3.05) is 16.2 Å². The van der Waals surface area contributed by atoms with E-state index in [-0.39, 0.29) is 21.9 Å². The van der Waals surface area contributed by atoms with E-state index in [2.05, 4.69) is 5.32 Å². The molecule has 0 unspecified atom stereocenters. The molecule has 4 aromatic carbocycles. The summed E-state index contributed by atoms with van der Waals surface area (Å²) in [6, 6.07) is 25.7. The monoisotopic (exact) mass is 552 g/mol. The Bertz CT molecular complexity index is 1560. The number of nitrogens with one attached hydrogen (secondary N) is 1. The predicted octanol–water partition coefficient (Wildman–Crippen LogP) is 6.37. The number of hydrogen-bond acceptors (Lipinski definition) is 4. The lowest BCUT2D eigenvalue weighted by Gasteiger charge is -2.26. The number of rotatable bonds is 8. The van der Waals surface area contributed by atoms with Gasteiger partial charge in [-0.2, -0.15) is 0 Å². The van der Waals surface area contributed by atoms with Crippen molar-refractivity contribution in [1.82, 2.24) is 0 Å². The lowest BCUT2D eigenvalue weighted by Crippen LogP contribution is -2.38. The number of halogens is 2. The Balaban J connectivity index is 1.68. The highest BCUT2D eigenvalue weighted by Crippen LogP contribution is 2.28. The average Bonchev–Trinajstić information content (AvgIpc) is 2.89. The SMILES string of the molecule is Cc1ccccc1N(CC(=O)Nc1ccc(Cl)cc1C(=O)c1ccccc1)S(=O)(=O)c1ccc(Cl)cc1. The molecule has 0 atom stereocenters. The van der Waals surface area contributed by atoms with Crippen molar-refractivity contribution in [3.63, 3.8) is 0 Å². The second-order valence-electron chi connectivity index (χ2n) is 8.19. The first-order valence-corrected chi connectivity index (χ1v) is 13.4. The number of carbonyl (C=O) groups excluding carboxylic acids is 2. The molecule has 6 nitrogen and oxygen atoms in total.